The molecule has 3 aromatic carbocycles. The molecule has 0 unspecified atom stereocenters. The van der Waals surface area contributed by atoms with Gasteiger partial charge in [0.05, 0.1) is 21.4 Å². The Morgan fingerprint density at radius 3 is 2.68 bits per heavy atom. The van der Waals surface area contributed by atoms with Gasteiger partial charge in [0.2, 0.25) is 5.91 Å². The highest BCUT2D eigenvalue weighted by atomic mass is 32.1. The zero-order chi connectivity index (χ0) is 21.2. The van der Waals surface area contributed by atoms with Crippen molar-refractivity contribution in [3.63, 3.8) is 0 Å². The third-order valence-electron chi connectivity index (χ3n) is 5.08. The number of amides is 1. The Labute approximate surface area is 181 Å². The molecule has 31 heavy (non-hydrogen) atoms. The number of rotatable bonds is 6. The van der Waals surface area contributed by atoms with Crippen LogP contribution in [0.3, 0.4) is 0 Å². The lowest BCUT2D eigenvalue weighted by Gasteiger charge is -2.09. The van der Waals surface area contributed by atoms with Crippen molar-refractivity contribution in [3.8, 4) is 10.6 Å². The maximum atomic E-state index is 12.6. The van der Waals surface area contributed by atoms with Crippen LogP contribution in [-0.2, 0) is 11.3 Å². The third kappa shape index (κ3) is 3.87. The molecule has 154 valence electrons. The van der Waals surface area contributed by atoms with Crippen LogP contribution in [0.5, 0.6) is 0 Å². The van der Waals surface area contributed by atoms with Gasteiger partial charge in [0.1, 0.15) is 5.01 Å². The summed E-state index contributed by atoms with van der Waals surface area (Å²) in [6, 6.07) is 23.0. The number of fused-ring (bicyclic) bond motifs is 2. The molecule has 0 aliphatic rings. The van der Waals surface area contributed by atoms with Crippen molar-refractivity contribution in [2.24, 2.45) is 0 Å². The molecule has 2 heterocycles. The standard InChI is InChI=1S/C24H19N3O3S/c28-22(14-7-15-27-19-11-4-5-12-20(19)30-24(27)29)25-17-9-2-1-8-16(17)23-26-18-10-3-6-13-21(18)31-23/h1-6,8-13H,7,14-15H2,(H,25,28). The molecule has 6 nitrogen and oxygen atoms in total. The summed E-state index contributed by atoms with van der Waals surface area (Å²) in [7, 11) is 0. The molecule has 5 rings (SSSR count). The molecule has 1 amide bonds. The number of hydrogen-bond donors (Lipinski definition) is 1. The minimum absolute atomic E-state index is 0.102. The van der Waals surface area contributed by atoms with Crippen molar-refractivity contribution >= 4 is 44.2 Å². The third-order valence-corrected chi connectivity index (χ3v) is 6.15. The number of benzene rings is 3. The number of aryl methyl sites for hydroxylation is 1. The molecular weight excluding hydrogens is 410 g/mol. The molecule has 0 bridgehead atoms. The molecule has 0 fully saturated rings. The van der Waals surface area contributed by atoms with Gasteiger partial charge < -0.3 is 9.73 Å². The number of oxazole rings is 1. The van der Waals surface area contributed by atoms with Gasteiger partial charge in [0, 0.05) is 18.5 Å². The van der Waals surface area contributed by atoms with Crippen molar-refractivity contribution in [2.75, 3.05) is 5.32 Å². The molecule has 0 spiro atoms. The fourth-order valence-corrected chi connectivity index (χ4v) is 4.61. The highest BCUT2D eigenvalue weighted by molar-refractivity contribution is 7.21. The summed E-state index contributed by atoms with van der Waals surface area (Å²) in [5, 5.41) is 3.87. The van der Waals surface area contributed by atoms with Gasteiger partial charge in [0.15, 0.2) is 5.58 Å². The summed E-state index contributed by atoms with van der Waals surface area (Å²) in [6.07, 6.45) is 0.818. The summed E-state index contributed by atoms with van der Waals surface area (Å²) in [4.78, 5) is 29.4. The van der Waals surface area contributed by atoms with Gasteiger partial charge in [-0.2, -0.15) is 0 Å². The second-order valence-corrected chi connectivity index (χ2v) is 8.20. The molecule has 0 radical (unpaired) electrons. The predicted octanol–water partition coefficient (Wildman–Crippen LogP) is 5.29. The number of carbonyl (C=O) groups is 1. The highest BCUT2D eigenvalue weighted by Gasteiger charge is 2.13. The van der Waals surface area contributed by atoms with Crippen LogP contribution in [0.25, 0.3) is 31.9 Å². The fraction of sp³-hybridized carbons (Fsp3) is 0.125. The molecular formula is C24H19N3O3S. The van der Waals surface area contributed by atoms with Crippen LogP contribution in [-0.4, -0.2) is 15.5 Å². The molecule has 5 aromatic rings. The first-order valence-corrected chi connectivity index (χ1v) is 10.8. The highest BCUT2D eigenvalue weighted by Crippen LogP contribution is 2.34. The number of thiazole rings is 1. The van der Waals surface area contributed by atoms with Crippen molar-refractivity contribution < 1.29 is 9.21 Å². The van der Waals surface area contributed by atoms with Gasteiger partial charge in [-0.3, -0.25) is 9.36 Å². The van der Waals surface area contributed by atoms with Crippen LogP contribution in [0.1, 0.15) is 12.8 Å². The monoisotopic (exact) mass is 429 g/mol. The topological polar surface area (TPSA) is 77.1 Å². The lowest BCUT2D eigenvalue weighted by atomic mass is 10.1. The van der Waals surface area contributed by atoms with Crippen molar-refractivity contribution in [1.82, 2.24) is 9.55 Å². The van der Waals surface area contributed by atoms with Crippen LogP contribution < -0.4 is 11.1 Å². The Morgan fingerprint density at radius 1 is 1.00 bits per heavy atom. The minimum atomic E-state index is -0.400. The van der Waals surface area contributed by atoms with E-state index in [0.29, 0.717) is 25.0 Å². The minimum Gasteiger partial charge on any atom is -0.408 e. The number of para-hydroxylation sites is 4. The number of aromatic nitrogens is 2. The lowest BCUT2D eigenvalue weighted by molar-refractivity contribution is -0.116. The molecule has 7 heteroatoms. The Balaban J connectivity index is 1.29. The van der Waals surface area contributed by atoms with Gasteiger partial charge in [-0.15, -0.1) is 11.3 Å². The van der Waals surface area contributed by atoms with E-state index in [2.05, 4.69) is 5.32 Å². The quantitative estimate of drug-likeness (QED) is 0.398. The number of anilines is 1. The van der Waals surface area contributed by atoms with E-state index in [1.807, 2.05) is 66.7 Å². The number of carbonyl (C=O) groups excluding carboxylic acids is 1. The smallest absolute Gasteiger partial charge is 0.408 e. The Kier molecular flexibility index (Phi) is 5.09. The van der Waals surface area contributed by atoms with Crippen molar-refractivity contribution in [3.05, 3.63) is 83.3 Å². The first-order valence-electron chi connectivity index (χ1n) is 10.0. The van der Waals surface area contributed by atoms with Crippen molar-refractivity contribution in [2.45, 2.75) is 19.4 Å². The van der Waals surface area contributed by atoms with Crippen LogP contribution in [0, 0.1) is 0 Å². The van der Waals surface area contributed by atoms with E-state index >= 15 is 0 Å². The van der Waals surface area contributed by atoms with E-state index in [0.717, 1.165) is 32.0 Å². The van der Waals surface area contributed by atoms with Gasteiger partial charge in [-0.1, -0.05) is 36.4 Å². The van der Waals surface area contributed by atoms with Crippen LogP contribution in [0.4, 0.5) is 5.69 Å². The lowest BCUT2D eigenvalue weighted by Crippen LogP contribution is -2.17. The van der Waals surface area contributed by atoms with Gasteiger partial charge in [0.25, 0.3) is 0 Å². The van der Waals surface area contributed by atoms with Crippen LogP contribution in [0.15, 0.2) is 82.0 Å². The average Bonchev–Trinajstić information content (AvgIpc) is 3.35. The van der Waals surface area contributed by atoms with E-state index in [1.165, 1.54) is 0 Å². The molecule has 0 aliphatic heterocycles. The molecule has 0 saturated heterocycles. The van der Waals surface area contributed by atoms with E-state index in [-0.39, 0.29) is 5.91 Å². The van der Waals surface area contributed by atoms with Crippen molar-refractivity contribution in [1.29, 1.82) is 0 Å². The summed E-state index contributed by atoms with van der Waals surface area (Å²) >= 11 is 1.60. The first kappa shape index (κ1) is 19.3. The normalized spacial score (nSPS) is 11.2. The predicted molar refractivity (Wildman–Crippen MR) is 123 cm³/mol. The van der Waals surface area contributed by atoms with Gasteiger partial charge in [-0.25, -0.2) is 9.78 Å². The fourth-order valence-electron chi connectivity index (χ4n) is 3.60. The van der Waals surface area contributed by atoms with E-state index in [4.69, 9.17) is 9.40 Å². The van der Waals surface area contributed by atoms with Crippen LogP contribution >= 0.6 is 11.3 Å². The average molecular weight is 430 g/mol. The Morgan fingerprint density at radius 2 is 1.77 bits per heavy atom. The first-order chi connectivity index (χ1) is 15.2. The second-order valence-electron chi connectivity index (χ2n) is 7.17. The Bertz CT molecular complexity index is 1410. The second kappa shape index (κ2) is 8.20. The summed E-state index contributed by atoms with van der Waals surface area (Å²) in [5.74, 6) is -0.503. The molecule has 0 aliphatic carbocycles. The summed E-state index contributed by atoms with van der Waals surface area (Å²) in [6.45, 7) is 0.419. The number of nitrogens with one attached hydrogen (secondary N) is 1. The maximum Gasteiger partial charge on any atom is 0.419 e. The molecule has 0 atom stereocenters. The molecule has 0 saturated carbocycles. The van der Waals surface area contributed by atoms with E-state index in [9.17, 15) is 9.59 Å². The van der Waals surface area contributed by atoms with Crippen LogP contribution in [0.2, 0.25) is 0 Å². The summed E-state index contributed by atoms with van der Waals surface area (Å²) in [5.41, 5.74) is 3.88. The van der Waals surface area contributed by atoms with Gasteiger partial charge >= 0.3 is 5.76 Å². The largest absolute Gasteiger partial charge is 0.419 e. The molecule has 2 aromatic heterocycles. The maximum absolute atomic E-state index is 12.6. The summed E-state index contributed by atoms with van der Waals surface area (Å²) < 4.78 is 7.92. The number of hydrogen-bond acceptors (Lipinski definition) is 5. The number of nitrogens with zero attached hydrogens (tertiary/aromatic N) is 2. The zero-order valence-corrected chi connectivity index (χ0v) is 17.4. The SMILES string of the molecule is O=C(CCCn1c(=O)oc2ccccc21)Nc1ccccc1-c1nc2ccccc2s1. The van der Waals surface area contributed by atoms with E-state index < -0.39 is 5.76 Å². The Hall–Kier alpha value is -3.71. The molecule has 1 N–H and O–H groups in total. The van der Waals surface area contributed by atoms with E-state index in [1.54, 1.807) is 22.0 Å². The van der Waals surface area contributed by atoms with Gasteiger partial charge in [-0.05, 0) is 42.8 Å². The zero-order valence-electron chi connectivity index (χ0n) is 16.6.